The number of aromatic nitrogens is 4. The van der Waals surface area contributed by atoms with Crippen molar-refractivity contribution in [1.82, 2.24) is 19.3 Å². The lowest BCUT2D eigenvalue weighted by atomic mass is 9.87. The lowest BCUT2D eigenvalue weighted by molar-refractivity contribution is 0.102. The molecule has 1 amide bonds. The number of nitrogens with one attached hydrogen (secondary N) is 1. The van der Waals surface area contributed by atoms with E-state index in [0.29, 0.717) is 23.9 Å². The topological polar surface area (TPSA) is 64.7 Å². The van der Waals surface area contributed by atoms with Crippen LogP contribution in [0.1, 0.15) is 48.0 Å². The zero-order valence-corrected chi connectivity index (χ0v) is 20.5. The molecule has 0 atom stereocenters. The van der Waals surface area contributed by atoms with Gasteiger partial charge in [0.25, 0.3) is 5.91 Å². The molecule has 0 spiro atoms. The maximum atomic E-state index is 13.1. The third-order valence-corrected chi connectivity index (χ3v) is 6.09. The monoisotopic (exact) mass is 463 g/mol. The largest absolute Gasteiger partial charge is 0.306 e. The van der Waals surface area contributed by atoms with Crippen LogP contribution in [0.15, 0.2) is 84.9 Å². The number of fused-ring (bicyclic) bond motifs is 1. The Morgan fingerprint density at radius 2 is 1.60 bits per heavy atom. The number of rotatable bonds is 5. The number of aryl methyl sites for hydroxylation is 1. The Hall–Kier alpha value is -4.19. The van der Waals surface area contributed by atoms with E-state index in [4.69, 9.17) is 10.1 Å². The second kappa shape index (κ2) is 8.87. The first kappa shape index (κ1) is 22.6. The Balaban J connectivity index is 1.52. The van der Waals surface area contributed by atoms with Gasteiger partial charge in [-0.1, -0.05) is 75.4 Å². The number of hydrogen-bond acceptors (Lipinski definition) is 3. The van der Waals surface area contributed by atoms with Crippen LogP contribution in [0.25, 0.3) is 17.0 Å². The van der Waals surface area contributed by atoms with Gasteiger partial charge < -0.3 is 9.88 Å². The van der Waals surface area contributed by atoms with Crippen LogP contribution >= 0.6 is 0 Å². The van der Waals surface area contributed by atoms with E-state index in [0.717, 1.165) is 22.3 Å². The van der Waals surface area contributed by atoms with E-state index in [-0.39, 0.29) is 11.3 Å². The minimum atomic E-state index is -0.183. The molecular weight excluding hydrogens is 434 g/mol. The highest BCUT2D eigenvalue weighted by atomic mass is 16.1. The quantitative estimate of drug-likeness (QED) is 0.341. The van der Waals surface area contributed by atoms with Gasteiger partial charge >= 0.3 is 0 Å². The number of anilines is 1. The van der Waals surface area contributed by atoms with Crippen LogP contribution in [0.5, 0.6) is 0 Å². The minimum absolute atomic E-state index is 0.0303. The highest BCUT2D eigenvalue weighted by molar-refractivity contribution is 6.04. The molecule has 1 N–H and O–H groups in total. The minimum Gasteiger partial charge on any atom is -0.306 e. The van der Waals surface area contributed by atoms with E-state index in [1.54, 1.807) is 4.68 Å². The maximum Gasteiger partial charge on any atom is 0.256 e. The molecule has 0 fully saturated rings. The van der Waals surface area contributed by atoms with Gasteiger partial charge in [-0.3, -0.25) is 4.79 Å². The summed E-state index contributed by atoms with van der Waals surface area (Å²) in [6.07, 6.45) is 0. The highest BCUT2D eigenvalue weighted by Gasteiger charge is 2.20. The Bertz CT molecular complexity index is 1490. The van der Waals surface area contributed by atoms with Crippen LogP contribution in [0.3, 0.4) is 0 Å². The Labute approximate surface area is 205 Å². The first-order chi connectivity index (χ1) is 16.8. The Morgan fingerprint density at radius 3 is 2.31 bits per heavy atom. The van der Waals surface area contributed by atoms with Crippen LogP contribution in [0.2, 0.25) is 0 Å². The number of carbonyl (C=O) groups is 1. The molecule has 0 radical (unpaired) electrons. The van der Waals surface area contributed by atoms with Crippen molar-refractivity contribution in [2.75, 3.05) is 5.32 Å². The van der Waals surface area contributed by atoms with Crippen molar-refractivity contribution in [3.05, 3.63) is 107 Å². The molecule has 0 bridgehead atoms. The van der Waals surface area contributed by atoms with Gasteiger partial charge in [0.2, 0.25) is 5.95 Å². The van der Waals surface area contributed by atoms with E-state index in [1.807, 2.05) is 73.7 Å². The number of nitrogens with zero attached hydrogens (tertiary/aromatic N) is 4. The normalized spacial score (nSPS) is 11.7. The summed E-state index contributed by atoms with van der Waals surface area (Å²) in [5.41, 5.74) is 5.65. The van der Waals surface area contributed by atoms with E-state index < -0.39 is 0 Å². The molecule has 2 aromatic heterocycles. The van der Waals surface area contributed by atoms with Crippen molar-refractivity contribution in [2.24, 2.45) is 0 Å². The van der Waals surface area contributed by atoms with E-state index in [1.165, 1.54) is 5.56 Å². The predicted octanol–water partition coefficient (Wildman–Crippen LogP) is 6.13. The summed E-state index contributed by atoms with van der Waals surface area (Å²) in [6.45, 7) is 9.02. The number of amides is 1. The number of hydrogen-bond donors (Lipinski definition) is 1. The van der Waals surface area contributed by atoms with Crippen molar-refractivity contribution in [3.8, 4) is 5.95 Å². The lowest BCUT2D eigenvalue weighted by Crippen LogP contribution is -2.18. The summed E-state index contributed by atoms with van der Waals surface area (Å²) in [4.78, 5) is 18.0. The van der Waals surface area contributed by atoms with Gasteiger partial charge in [-0.05, 0) is 47.7 Å². The molecule has 0 saturated heterocycles. The second-order valence-electron chi connectivity index (χ2n) is 9.84. The molecule has 35 heavy (non-hydrogen) atoms. The third kappa shape index (κ3) is 4.60. The Morgan fingerprint density at radius 1 is 0.914 bits per heavy atom. The molecule has 3 aromatic carbocycles. The molecule has 0 aliphatic carbocycles. The van der Waals surface area contributed by atoms with Gasteiger partial charge in [0.05, 0.1) is 23.3 Å². The van der Waals surface area contributed by atoms with E-state index >= 15 is 0 Å². The third-order valence-electron chi connectivity index (χ3n) is 6.09. The molecule has 0 unspecified atom stereocenters. The number of imidazole rings is 1. The molecule has 6 heteroatoms. The molecule has 5 aromatic rings. The molecule has 6 nitrogen and oxygen atoms in total. The predicted molar refractivity (Wildman–Crippen MR) is 140 cm³/mol. The first-order valence-electron chi connectivity index (χ1n) is 11.8. The zero-order chi connectivity index (χ0) is 24.6. The Kier molecular flexibility index (Phi) is 5.73. The molecular formula is C29H29N5O. The van der Waals surface area contributed by atoms with Crippen LogP contribution in [-0.4, -0.2) is 25.2 Å². The van der Waals surface area contributed by atoms with Gasteiger partial charge in [0, 0.05) is 11.6 Å². The summed E-state index contributed by atoms with van der Waals surface area (Å²) >= 11 is 0. The molecule has 2 heterocycles. The number of para-hydroxylation sites is 2. The molecule has 0 aliphatic rings. The van der Waals surface area contributed by atoms with Gasteiger partial charge in [-0.25, -0.2) is 4.98 Å². The lowest BCUT2D eigenvalue weighted by Gasteiger charge is -2.19. The second-order valence-corrected chi connectivity index (χ2v) is 9.84. The summed E-state index contributed by atoms with van der Waals surface area (Å²) in [7, 11) is 0. The van der Waals surface area contributed by atoms with E-state index in [2.05, 4.69) is 48.9 Å². The summed E-state index contributed by atoms with van der Waals surface area (Å²) < 4.78 is 3.85. The van der Waals surface area contributed by atoms with Gasteiger partial charge in [-0.2, -0.15) is 9.78 Å². The maximum absolute atomic E-state index is 13.1. The SMILES string of the molecule is Cc1cc(NC(=O)c2ccc(C(C)(C)C)cc2)n(-c2nc3ccccc3n2Cc2ccccc2)n1. The highest BCUT2D eigenvalue weighted by Crippen LogP contribution is 2.25. The van der Waals surface area contributed by atoms with Crippen LogP contribution in [-0.2, 0) is 12.0 Å². The standard InChI is InChI=1S/C29H29N5O/c1-20-18-26(31-27(35)22-14-16-23(17-15-22)29(2,3)4)34(32-20)28-30-24-12-8-9-13-25(24)33(28)19-21-10-6-5-7-11-21/h5-18H,19H2,1-4H3,(H,31,35). The van der Waals surface area contributed by atoms with Crippen molar-refractivity contribution >= 4 is 22.8 Å². The van der Waals surface area contributed by atoms with E-state index in [9.17, 15) is 4.79 Å². The molecule has 0 aliphatic heterocycles. The fourth-order valence-corrected chi connectivity index (χ4v) is 4.20. The van der Waals surface area contributed by atoms with Crippen molar-refractivity contribution in [3.63, 3.8) is 0 Å². The molecule has 0 saturated carbocycles. The summed E-state index contributed by atoms with van der Waals surface area (Å²) in [5, 5.41) is 7.74. The number of benzene rings is 3. The average Bonchev–Trinajstić information content (AvgIpc) is 3.39. The van der Waals surface area contributed by atoms with Gasteiger partial charge in [0.15, 0.2) is 0 Å². The van der Waals surface area contributed by atoms with Crippen LogP contribution < -0.4 is 5.32 Å². The van der Waals surface area contributed by atoms with Gasteiger partial charge in [-0.15, -0.1) is 0 Å². The number of carbonyl (C=O) groups excluding carboxylic acids is 1. The summed E-state index contributed by atoms with van der Waals surface area (Å²) in [5.74, 6) is 1.05. The van der Waals surface area contributed by atoms with Crippen LogP contribution in [0.4, 0.5) is 5.82 Å². The van der Waals surface area contributed by atoms with Crippen molar-refractivity contribution in [2.45, 2.75) is 39.7 Å². The zero-order valence-electron chi connectivity index (χ0n) is 20.5. The molecule has 176 valence electrons. The van der Waals surface area contributed by atoms with Gasteiger partial charge in [0.1, 0.15) is 5.82 Å². The van der Waals surface area contributed by atoms with Crippen LogP contribution in [0, 0.1) is 6.92 Å². The fraction of sp³-hybridized carbons (Fsp3) is 0.207. The smallest absolute Gasteiger partial charge is 0.256 e. The van der Waals surface area contributed by atoms with Crippen molar-refractivity contribution < 1.29 is 4.79 Å². The fourth-order valence-electron chi connectivity index (χ4n) is 4.20. The summed E-state index contributed by atoms with van der Waals surface area (Å²) in [6, 6.07) is 27.9. The first-order valence-corrected chi connectivity index (χ1v) is 11.8. The average molecular weight is 464 g/mol. The van der Waals surface area contributed by atoms with Crippen molar-refractivity contribution in [1.29, 1.82) is 0 Å². The molecule has 5 rings (SSSR count).